The Balaban J connectivity index is 1.67. The van der Waals surface area contributed by atoms with Crippen molar-refractivity contribution in [1.82, 2.24) is 5.32 Å². The van der Waals surface area contributed by atoms with E-state index in [4.69, 9.17) is 4.74 Å². The van der Waals surface area contributed by atoms with Crippen LogP contribution in [0.25, 0.3) is 0 Å². The molecule has 0 aliphatic carbocycles. The molecule has 1 aliphatic heterocycles. The lowest BCUT2D eigenvalue weighted by Crippen LogP contribution is -2.33. The van der Waals surface area contributed by atoms with Crippen molar-refractivity contribution in [2.45, 2.75) is 19.9 Å². The Labute approximate surface area is 162 Å². The summed E-state index contributed by atoms with van der Waals surface area (Å²) in [4.78, 5) is 38.6. The number of nitrogens with one attached hydrogen (secondary N) is 1. The van der Waals surface area contributed by atoms with E-state index in [9.17, 15) is 18.8 Å². The molecule has 2 amide bonds. The van der Waals surface area contributed by atoms with Gasteiger partial charge in [-0.1, -0.05) is 24.3 Å². The molecule has 1 aliphatic rings. The van der Waals surface area contributed by atoms with E-state index in [-0.39, 0.29) is 43.7 Å². The maximum absolute atomic E-state index is 13.0. The number of carbonyl (C=O) groups excluding carboxylic acids is 3. The molecule has 1 heterocycles. The zero-order valence-electron chi connectivity index (χ0n) is 15.5. The molecule has 28 heavy (non-hydrogen) atoms. The maximum Gasteiger partial charge on any atom is 0.340 e. The van der Waals surface area contributed by atoms with Crippen LogP contribution in [0.15, 0.2) is 48.5 Å². The number of nitrogens with zero attached hydrogens (tertiary/aromatic N) is 1. The van der Waals surface area contributed by atoms with Crippen LogP contribution in [0.5, 0.6) is 0 Å². The third-order valence-corrected chi connectivity index (χ3v) is 4.57. The van der Waals surface area contributed by atoms with Gasteiger partial charge in [0.15, 0.2) is 0 Å². The van der Waals surface area contributed by atoms with Crippen LogP contribution in [0.4, 0.5) is 10.1 Å². The van der Waals surface area contributed by atoms with E-state index in [0.29, 0.717) is 11.3 Å². The first-order chi connectivity index (χ1) is 13.5. The van der Waals surface area contributed by atoms with Crippen LogP contribution in [0.1, 0.15) is 29.3 Å². The lowest BCUT2D eigenvalue weighted by molar-refractivity contribution is -0.126. The molecule has 3 rings (SSSR count). The van der Waals surface area contributed by atoms with Crippen LogP contribution in [0.3, 0.4) is 0 Å². The van der Waals surface area contributed by atoms with Gasteiger partial charge in [0.25, 0.3) is 0 Å². The molecular formula is C21H21FN2O4. The molecule has 6 nitrogen and oxygen atoms in total. The second-order valence-corrected chi connectivity index (χ2v) is 6.49. The number of amides is 2. The molecule has 0 saturated carbocycles. The van der Waals surface area contributed by atoms with E-state index in [2.05, 4.69) is 5.32 Å². The van der Waals surface area contributed by atoms with Crippen LogP contribution in [-0.2, 0) is 20.9 Å². The van der Waals surface area contributed by atoms with Gasteiger partial charge in [-0.3, -0.25) is 9.59 Å². The second kappa shape index (κ2) is 8.65. The van der Waals surface area contributed by atoms with Gasteiger partial charge >= 0.3 is 5.97 Å². The normalized spacial score (nSPS) is 16.1. The average molecular weight is 384 g/mol. The van der Waals surface area contributed by atoms with Gasteiger partial charge in [-0.05, 0) is 36.8 Å². The minimum atomic E-state index is -0.525. The molecule has 1 N–H and O–H groups in total. The number of hydrogen-bond acceptors (Lipinski definition) is 4. The highest BCUT2D eigenvalue weighted by molar-refractivity contribution is 6.05. The van der Waals surface area contributed by atoms with E-state index in [1.165, 1.54) is 17.0 Å². The van der Waals surface area contributed by atoms with Gasteiger partial charge in [0.2, 0.25) is 11.8 Å². The van der Waals surface area contributed by atoms with E-state index in [1.807, 2.05) is 0 Å². The van der Waals surface area contributed by atoms with E-state index < -0.39 is 11.9 Å². The summed E-state index contributed by atoms with van der Waals surface area (Å²) in [5.74, 6) is -1.85. The third kappa shape index (κ3) is 4.36. The molecule has 1 atom stereocenters. The number of carbonyl (C=O) groups is 3. The van der Waals surface area contributed by atoms with Gasteiger partial charge in [0, 0.05) is 19.5 Å². The summed E-state index contributed by atoms with van der Waals surface area (Å²) in [5.41, 5.74) is 1.51. The molecular weight excluding hydrogens is 363 g/mol. The van der Waals surface area contributed by atoms with Gasteiger partial charge in [-0.2, -0.15) is 0 Å². The molecule has 2 aromatic carbocycles. The molecule has 0 aromatic heterocycles. The van der Waals surface area contributed by atoms with Crippen molar-refractivity contribution in [2.24, 2.45) is 5.92 Å². The highest BCUT2D eigenvalue weighted by Gasteiger charge is 2.36. The van der Waals surface area contributed by atoms with Crippen molar-refractivity contribution in [3.05, 3.63) is 65.5 Å². The zero-order valence-corrected chi connectivity index (χ0v) is 15.5. The molecule has 0 radical (unpaired) electrons. The summed E-state index contributed by atoms with van der Waals surface area (Å²) < 4.78 is 18.0. The van der Waals surface area contributed by atoms with Gasteiger partial charge in [0.05, 0.1) is 23.8 Å². The van der Waals surface area contributed by atoms with Crippen molar-refractivity contribution in [1.29, 1.82) is 0 Å². The molecule has 0 spiro atoms. The predicted octanol–water partition coefficient (Wildman–Crippen LogP) is 2.67. The van der Waals surface area contributed by atoms with E-state index >= 15 is 0 Å². The minimum Gasteiger partial charge on any atom is -0.462 e. The van der Waals surface area contributed by atoms with E-state index in [0.717, 1.165) is 5.56 Å². The number of hydrogen-bond donors (Lipinski definition) is 1. The minimum absolute atomic E-state index is 0.0619. The Morgan fingerprint density at radius 2 is 1.89 bits per heavy atom. The first kappa shape index (κ1) is 19.5. The fourth-order valence-corrected chi connectivity index (χ4v) is 3.14. The molecule has 1 saturated heterocycles. The number of para-hydroxylation sites is 1. The summed E-state index contributed by atoms with van der Waals surface area (Å²) >= 11 is 0. The Morgan fingerprint density at radius 1 is 1.18 bits per heavy atom. The Bertz CT molecular complexity index is 882. The first-order valence-corrected chi connectivity index (χ1v) is 9.08. The van der Waals surface area contributed by atoms with Crippen LogP contribution in [-0.4, -0.2) is 30.9 Å². The van der Waals surface area contributed by atoms with Crippen molar-refractivity contribution >= 4 is 23.5 Å². The number of rotatable bonds is 6. The smallest absolute Gasteiger partial charge is 0.340 e. The highest BCUT2D eigenvalue weighted by atomic mass is 19.1. The fraction of sp³-hybridized carbons (Fsp3) is 0.286. The van der Waals surface area contributed by atoms with Crippen molar-refractivity contribution in [3.63, 3.8) is 0 Å². The fourth-order valence-electron chi connectivity index (χ4n) is 3.14. The van der Waals surface area contributed by atoms with Gasteiger partial charge in [-0.25, -0.2) is 9.18 Å². The standard InChI is InChI=1S/C21H21FN2O4/c1-2-28-21(27)17-5-3-4-6-18(17)24-13-15(11-19(24)25)20(26)23-12-14-7-9-16(22)10-8-14/h3-10,15H,2,11-13H2,1H3,(H,23,26). The molecule has 0 bridgehead atoms. The number of halogens is 1. The monoisotopic (exact) mass is 384 g/mol. The van der Waals surface area contributed by atoms with E-state index in [1.54, 1.807) is 43.3 Å². The average Bonchev–Trinajstić information content (AvgIpc) is 3.09. The SMILES string of the molecule is CCOC(=O)c1ccccc1N1CC(C(=O)NCc2ccc(F)cc2)CC1=O. The maximum atomic E-state index is 13.0. The lowest BCUT2D eigenvalue weighted by Gasteiger charge is -2.19. The number of ether oxygens (including phenoxy) is 1. The largest absolute Gasteiger partial charge is 0.462 e. The first-order valence-electron chi connectivity index (χ1n) is 9.08. The van der Waals surface area contributed by atoms with Crippen LogP contribution in [0.2, 0.25) is 0 Å². The van der Waals surface area contributed by atoms with Crippen LogP contribution >= 0.6 is 0 Å². The van der Waals surface area contributed by atoms with Gasteiger partial charge < -0.3 is 15.0 Å². The summed E-state index contributed by atoms with van der Waals surface area (Å²) in [6.07, 6.45) is 0.0619. The predicted molar refractivity (Wildman–Crippen MR) is 101 cm³/mol. The number of anilines is 1. The highest BCUT2D eigenvalue weighted by Crippen LogP contribution is 2.28. The Morgan fingerprint density at radius 3 is 2.61 bits per heavy atom. The number of esters is 1. The summed E-state index contributed by atoms with van der Waals surface area (Å²) in [7, 11) is 0. The molecule has 1 unspecified atom stereocenters. The number of benzene rings is 2. The molecule has 146 valence electrons. The van der Waals surface area contributed by atoms with Crippen LogP contribution in [0, 0.1) is 11.7 Å². The summed E-state index contributed by atoms with van der Waals surface area (Å²) in [5, 5.41) is 2.78. The summed E-state index contributed by atoms with van der Waals surface area (Å²) in [6.45, 7) is 2.38. The molecule has 2 aromatic rings. The van der Waals surface area contributed by atoms with Crippen molar-refractivity contribution in [3.8, 4) is 0 Å². The Hall–Kier alpha value is -3.22. The zero-order chi connectivity index (χ0) is 20.1. The summed E-state index contributed by atoms with van der Waals surface area (Å²) in [6, 6.07) is 12.5. The van der Waals surface area contributed by atoms with Gasteiger partial charge in [0.1, 0.15) is 5.82 Å². The van der Waals surface area contributed by atoms with Crippen molar-refractivity contribution < 1.29 is 23.5 Å². The second-order valence-electron chi connectivity index (χ2n) is 6.49. The van der Waals surface area contributed by atoms with Crippen LogP contribution < -0.4 is 10.2 Å². The van der Waals surface area contributed by atoms with Gasteiger partial charge in [-0.15, -0.1) is 0 Å². The molecule has 7 heteroatoms. The lowest BCUT2D eigenvalue weighted by atomic mass is 10.1. The topological polar surface area (TPSA) is 75.7 Å². The quantitative estimate of drug-likeness (QED) is 0.777. The third-order valence-electron chi connectivity index (χ3n) is 4.57. The molecule has 1 fully saturated rings. The Kier molecular flexibility index (Phi) is 6.03. The van der Waals surface area contributed by atoms with Crippen molar-refractivity contribution in [2.75, 3.05) is 18.1 Å².